The van der Waals surface area contributed by atoms with Gasteiger partial charge < -0.3 is 23.4 Å². The Hall–Kier alpha value is -8.98. The lowest BCUT2D eigenvalue weighted by Gasteiger charge is -2.26. The summed E-state index contributed by atoms with van der Waals surface area (Å²) >= 11 is 1.24. The predicted molar refractivity (Wildman–Crippen MR) is 289 cm³/mol. The van der Waals surface area contributed by atoms with Crippen molar-refractivity contribution in [2.45, 2.75) is 0 Å². The van der Waals surface area contributed by atoms with E-state index < -0.39 is 0 Å². The van der Waals surface area contributed by atoms with E-state index in [1.54, 1.807) is 14.2 Å². The van der Waals surface area contributed by atoms with Crippen LogP contribution in [0.3, 0.4) is 0 Å². The van der Waals surface area contributed by atoms with Crippen LogP contribution in [0.5, 0.6) is 11.5 Å². The molecule has 0 saturated carbocycles. The summed E-state index contributed by atoms with van der Waals surface area (Å²) in [6, 6.07) is 77.1. The molecule has 0 atom stereocenters. The van der Waals surface area contributed by atoms with Crippen LogP contribution in [-0.2, 0) is 0 Å². The minimum absolute atomic E-state index is 0.836. The molecular weight excluding hydrogens is 881 g/mol. The molecule has 0 unspecified atom stereocenters. The summed E-state index contributed by atoms with van der Waals surface area (Å²) in [5, 5.41) is 4.59. The van der Waals surface area contributed by atoms with E-state index in [0.717, 1.165) is 123 Å². The molecule has 13 aromatic rings. The van der Waals surface area contributed by atoms with Gasteiger partial charge in [-0.2, -0.15) is 8.75 Å². The standard InChI is InChI=1S/C62H42N4O3S/c1-67-49-27-16-40(17-28-49)43-20-32-56-53(36-43)54-37-44(41-18-29-50(68-2)30-19-41)21-33-57(54)66(56)48-25-14-42(15-26-48)51-31-34-58(62-61(51)63-70-64-62)65(46-8-4-3-5-9-46)47-23-12-39(13-24-47)45-22-35-60-55(38-45)52-10-6-7-11-59(52)69-60/h3-38H,1-2H3. The number of furan rings is 1. The summed E-state index contributed by atoms with van der Waals surface area (Å²) in [7, 11) is 3.39. The fourth-order valence-electron chi connectivity index (χ4n) is 10.00. The third-order valence-corrected chi connectivity index (χ3v) is 14.1. The Kier molecular flexibility index (Phi) is 9.99. The van der Waals surface area contributed by atoms with Crippen LogP contribution in [0.15, 0.2) is 223 Å². The van der Waals surface area contributed by atoms with Crippen molar-refractivity contribution >= 4 is 83.6 Å². The molecule has 10 aromatic carbocycles. The summed E-state index contributed by atoms with van der Waals surface area (Å²) in [5.41, 5.74) is 18.7. The molecule has 0 amide bonds. The fraction of sp³-hybridized carbons (Fsp3) is 0.0323. The Morgan fingerprint density at radius 1 is 0.414 bits per heavy atom. The Bertz CT molecular complexity index is 3960. The van der Waals surface area contributed by atoms with E-state index in [4.69, 9.17) is 22.6 Å². The number of ether oxygens (including phenoxy) is 2. The predicted octanol–water partition coefficient (Wildman–Crippen LogP) is 16.8. The first-order chi connectivity index (χ1) is 34.6. The molecule has 0 N–H and O–H groups in total. The molecule has 0 saturated heterocycles. The van der Waals surface area contributed by atoms with Crippen LogP contribution < -0.4 is 14.4 Å². The zero-order valence-electron chi connectivity index (χ0n) is 38.2. The number of para-hydroxylation sites is 2. The number of hydrogen-bond donors (Lipinski definition) is 0. The van der Waals surface area contributed by atoms with Crippen LogP contribution in [0.2, 0.25) is 0 Å². The van der Waals surface area contributed by atoms with Gasteiger partial charge in [0.15, 0.2) is 0 Å². The average Bonchev–Trinajstić information content (AvgIpc) is 4.16. The number of aromatic nitrogens is 3. The van der Waals surface area contributed by atoms with Crippen LogP contribution in [0.25, 0.3) is 105 Å². The largest absolute Gasteiger partial charge is 0.497 e. The molecule has 3 aromatic heterocycles. The van der Waals surface area contributed by atoms with E-state index in [1.807, 2.05) is 42.5 Å². The lowest BCUT2D eigenvalue weighted by atomic mass is 10.00. The smallest absolute Gasteiger partial charge is 0.135 e. The maximum atomic E-state index is 6.12. The molecule has 13 rings (SSSR count). The topological polar surface area (TPSA) is 65.6 Å². The van der Waals surface area contributed by atoms with Crippen molar-refractivity contribution in [2.75, 3.05) is 19.1 Å². The van der Waals surface area contributed by atoms with E-state index in [9.17, 15) is 0 Å². The van der Waals surface area contributed by atoms with Gasteiger partial charge in [0.05, 0.1) is 42.7 Å². The van der Waals surface area contributed by atoms with Crippen LogP contribution in [0.4, 0.5) is 17.1 Å². The molecule has 70 heavy (non-hydrogen) atoms. The van der Waals surface area contributed by atoms with Gasteiger partial charge in [-0.15, -0.1) is 0 Å². The summed E-state index contributed by atoms with van der Waals surface area (Å²) in [4.78, 5) is 2.27. The second kappa shape index (κ2) is 17.0. The molecule has 0 aliphatic rings. The first kappa shape index (κ1) is 41.2. The number of rotatable bonds is 10. The number of hydrogen-bond acceptors (Lipinski definition) is 7. The molecule has 0 bridgehead atoms. The number of methoxy groups -OCH3 is 2. The number of benzene rings is 10. The van der Waals surface area contributed by atoms with Gasteiger partial charge in [0.25, 0.3) is 0 Å². The first-order valence-corrected chi connectivity index (χ1v) is 23.9. The third kappa shape index (κ3) is 7.04. The highest BCUT2D eigenvalue weighted by molar-refractivity contribution is 7.00. The molecule has 7 nitrogen and oxygen atoms in total. The molecule has 8 heteroatoms. The van der Waals surface area contributed by atoms with E-state index in [2.05, 4.69) is 185 Å². The maximum Gasteiger partial charge on any atom is 0.135 e. The van der Waals surface area contributed by atoms with E-state index in [-0.39, 0.29) is 0 Å². The Labute approximate surface area is 408 Å². The van der Waals surface area contributed by atoms with Crippen molar-refractivity contribution < 1.29 is 13.9 Å². The van der Waals surface area contributed by atoms with Crippen LogP contribution >= 0.6 is 11.7 Å². The molecule has 0 spiro atoms. The SMILES string of the molecule is COc1ccc(-c2ccc3c(c2)c2cc(-c4ccc(OC)cc4)ccc2n3-c2ccc(-c3ccc(N(c4ccccc4)c4ccc(-c5ccc6oc7ccccc7c6c5)cc4)c4nsnc34)cc2)cc1. The van der Waals surface area contributed by atoms with E-state index in [0.29, 0.717) is 0 Å². The average molecular weight is 923 g/mol. The van der Waals surface area contributed by atoms with Crippen molar-refractivity contribution in [1.29, 1.82) is 0 Å². The van der Waals surface area contributed by atoms with Gasteiger partial charge in [0, 0.05) is 44.2 Å². The zero-order valence-corrected chi connectivity index (χ0v) is 39.0. The second-order valence-electron chi connectivity index (χ2n) is 17.4. The molecule has 0 fully saturated rings. The summed E-state index contributed by atoms with van der Waals surface area (Å²) < 4.78 is 29.3. The number of nitrogens with zero attached hydrogens (tertiary/aromatic N) is 4. The lowest BCUT2D eigenvalue weighted by molar-refractivity contribution is 0.415. The van der Waals surface area contributed by atoms with Crippen molar-refractivity contribution in [1.82, 2.24) is 13.3 Å². The van der Waals surface area contributed by atoms with Crippen molar-refractivity contribution in [3.63, 3.8) is 0 Å². The van der Waals surface area contributed by atoms with Crippen LogP contribution in [-0.4, -0.2) is 27.5 Å². The summed E-state index contributed by atoms with van der Waals surface area (Å²) in [6.07, 6.45) is 0. The minimum Gasteiger partial charge on any atom is -0.497 e. The molecular formula is C62H42N4O3S. The summed E-state index contributed by atoms with van der Waals surface area (Å²) in [5.74, 6) is 1.67. The Balaban J connectivity index is 0.868. The van der Waals surface area contributed by atoms with Crippen LogP contribution in [0.1, 0.15) is 0 Å². The van der Waals surface area contributed by atoms with Gasteiger partial charge in [-0.1, -0.05) is 103 Å². The van der Waals surface area contributed by atoms with Crippen molar-refractivity contribution in [3.8, 4) is 61.7 Å². The highest BCUT2D eigenvalue weighted by Gasteiger charge is 2.21. The molecule has 0 radical (unpaired) electrons. The third-order valence-electron chi connectivity index (χ3n) is 13.5. The highest BCUT2D eigenvalue weighted by Crippen LogP contribution is 2.43. The van der Waals surface area contributed by atoms with E-state index in [1.165, 1.54) is 22.5 Å². The van der Waals surface area contributed by atoms with Crippen molar-refractivity contribution in [2.24, 2.45) is 0 Å². The zero-order chi connectivity index (χ0) is 46.7. The lowest BCUT2D eigenvalue weighted by Crippen LogP contribution is -2.10. The van der Waals surface area contributed by atoms with Gasteiger partial charge in [-0.25, -0.2) is 0 Å². The van der Waals surface area contributed by atoms with Gasteiger partial charge in [0.2, 0.25) is 0 Å². The Morgan fingerprint density at radius 2 is 0.914 bits per heavy atom. The highest BCUT2D eigenvalue weighted by atomic mass is 32.1. The monoisotopic (exact) mass is 922 g/mol. The number of anilines is 3. The number of fused-ring (bicyclic) bond motifs is 7. The molecule has 3 heterocycles. The van der Waals surface area contributed by atoms with Crippen LogP contribution in [0, 0.1) is 0 Å². The maximum absolute atomic E-state index is 6.12. The first-order valence-electron chi connectivity index (χ1n) is 23.2. The molecule has 334 valence electrons. The minimum atomic E-state index is 0.836. The fourth-order valence-corrected chi connectivity index (χ4v) is 10.6. The van der Waals surface area contributed by atoms with Gasteiger partial charge in [-0.05, 0) is 154 Å². The second-order valence-corrected chi connectivity index (χ2v) is 18.0. The van der Waals surface area contributed by atoms with Gasteiger partial charge in [0.1, 0.15) is 33.7 Å². The Morgan fingerprint density at radius 3 is 1.54 bits per heavy atom. The van der Waals surface area contributed by atoms with E-state index >= 15 is 0 Å². The summed E-state index contributed by atoms with van der Waals surface area (Å²) in [6.45, 7) is 0. The normalized spacial score (nSPS) is 11.6. The van der Waals surface area contributed by atoms with Gasteiger partial charge in [-0.3, -0.25) is 0 Å². The molecule has 0 aliphatic carbocycles. The van der Waals surface area contributed by atoms with Gasteiger partial charge >= 0.3 is 0 Å². The quantitative estimate of drug-likeness (QED) is 0.136. The molecule has 0 aliphatic heterocycles. The van der Waals surface area contributed by atoms with Crippen molar-refractivity contribution in [3.05, 3.63) is 218 Å².